The highest BCUT2D eigenvalue weighted by atomic mass is 79.9. The average molecular weight is 281 g/mol. The fourth-order valence-electron chi connectivity index (χ4n) is 1.39. The normalized spacial score (nSPS) is 10.4. The molecule has 2 aromatic rings. The number of aromatic nitrogens is 2. The van der Waals surface area contributed by atoms with Crippen LogP contribution in [0, 0.1) is 6.92 Å². The number of carbonyl (C=O) groups excluding carboxylic acids is 1. The zero-order valence-electron chi connectivity index (χ0n) is 8.53. The predicted molar refractivity (Wildman–Crippen MR) is 63.7 cm³/mol. The first kappa shape index (κ1) is 10.9. The molecule has 0 aliphatic heterocycles. The van der Waals surface area contributed by atoms with Crippen LogP contribution in [0.25, 0.3) is 0 Å². The summed E-state index contributed by atoms with van der Waals surface area (Å²) >= 11 is 3.28. The van der Waals surface area contributed by atoms with E-state index in [0.29, 0.717) is 11.3 Å². The first-order valence-corrected chi connectivity index (χ1v) is 5.46. The van der Waals surface area contributed by atoms with Crippen LogP contribution in [0.2, 0.25) is 0 Å². The van der Waals surface area contributed by atoms with Gasteiger partial charge in [-0.05, 0) is 31.2 Å². The maximum Gasteiger partial charge on any atom is 0.279 e. The first-order valence-electron chi connectivity index (χ1n) is 4.67. The summed E-state index contributed by atoms with van der Waals surface area (Å²) in [6, 6.07) is 8.23. The molecule has 82 valence electrons. The van der Waals surface area contributed by atoms with Gasteiger partial charge in [0.25, 0.3) is 11.5 Å². The summed E-state index contributed by atoms with van der Waals surface area (Å²) < 4.78 is 1.89. The minimum atomic E-state index is -0.356. The molecule has 1 aromatic carbocycles. The van der Waals surface area contributed by atoms with Crippen LogP contribution in [-0.4, -0.2) is 15.7 Å². The topological polar surface area (TPSA) is 54.9 Å². The number of hydrogen-bond acceptors (Lipinski definition) is 2. The molecule has 0 fully saturated rings. The number of nitrogens with zero attached hydrogens (tertiary/aromatic N) is 1. The lowest BCUT2D eigenvalue weighted by molar-refractivity contribution is 0.0941. The van der Waals surface area contributed by atoms with E-state index in [1.54, 1.807) is 31.2 Å². The monoisotopic (exact) mass is 280 g/mol. The third-order valence-corrected chi connectivity index (χ3v) is 2.67. The van der Waals surface area contributed by atoms with E-state index >= 15 is 0 Å². The predicted octanol–water partition coefficient (Wildman–Crippen LogP) is 1.94. The van der Waals surface area contributed by atoms with Gasteiger partial charge in [0.15, 0.2) is 0 Å². The molecule has 0 amide bonds. The van der Waals surface area contributed by atoms with Gasteiger partial charge in [0.05, 0.1) is 0 Å². The van der Waals surface area contributed by atoms with Crippen molar-refractivity contribution < 1.29 is 4.79 Å². The van der Waals surface area contributed by atoms with Gasteiger partial charge >= 0.3 is 0 Å². The minimum Gasteiger partial charge on any atom is -0.293 e. The molecule has 2 rings (SSSR count). The van der Waals surface area contributed by atoms with Crippen LogP contribution < -0.4 is 5.56 Å². The van der Waals surface area contributed by atoms with Gasteiger partial charge in [0, 0.05) is 21.8 Å². The standard InChI is InChI=1S/C11H9BrN2O2/c1-7-6-10(15)14(13-7)11(16)8-2-4-9(12)5-3-8/h2-6,13H,1H3. The number of aromatic amines is 1. The summed E-state index contributed by atoms with van der Waals surface area (Å²) in [6.45, 7) is 1.73. The van der Waals surface area contributed by atoms with E-state index in [1.807, 2.05) is 0 Å². The molecule has 0 aliphatic rings. The van der Waals surface area contributed by atoms with Gasteiger partial charge in [-0.15, -0.1) is 0 Å². The Balaban J connectivity index is 2.43. The lowest BCUT2D eigenvalue weighted by Gasteiger charge is -2.00. The fourth-order valence-corrected chi connectivity index (χ4v) is 1.65. The average Bonchev–Trinajstić information content (AvgIpc) is 2.58. The van der Waals surface area contributed by atoms with Gasteiger partial charge in [-0.2, -0.15) is 4.68 Å². The van der Waals surface area contributed by atoms with E-state index in [2.05, 4.69) is 21.0 Å². The van der Waals surface area contributed by atoms with Crippen LogP contribution in [0.4, 0.5) is 0 Å². The van der Waals surface area contributed by atoms with Crippen molar-refractivity contribution in [3.8, 4) is 0 Å². The number of H-pyrrole nitrogens is 1. The van der Waals surface area contributed by atoms with Gasteiger partial charge in [0.1, 0.15) is 0 Å². The van der Waals surface area contributed by atoms with Gasteiger partial charge in [-0.3, -0.25) is 14.7 Å². The number of halogens is 1. The molecule has 0 aliphatic carbocycles. The molecule has 0 saturated carbocycles. The third kappa shape index (κ3) is 1.99. The van der Waals surface area contributed by atoms with E-state index in [1.165, 1.54) is 6.07 Å². The maximum atomic E-state index is 11.9. The first-order chi connectivity index (χ1) is 7.58. The van der Waals surface area contributed by atoms with Crippen molar-refractivity contribution in [3.63, 3.8) is 0 Å². The molecule has 0 radical (unpaired) electrons. The molecule has 0 unspecified atom stereocenters. The molecule has 0 atom stereocenters. The second kappa shape index (κ2) is 4.09. The van der Waals surface area contributed by atoms with Crippen LogP contribution in [0.15, 0.2) is 39.6 Å². The van der Waals surface area contributed by atoms with Gasteiger partial charge in [0.2, 0.25) is 0 Å². The number of hydrogen-bond donors (Lipinski definition) is 1. The van der Waals surface area contributed by atoms with E-state index in [9.17, 15) is 9.59 Å². The second-order valence-electron chi connectivity index (χ2n) is 3.42. The van der Waals surface area contributed by atoms with E-state index in [0.717, 1.165) is 9.15 Å². The third-order valence-electron chi connectivity index (χ3n) is 2.14. The molecule has 5 heteroatoms. The zero-order valence-corrected chi connectivity index (χ0v) is 10.1. The number of rotatable bonds is 1. The van der Waals surface area contributed by atoms with Crippen LogP contribution in [0.5, 0.6) is 0 Å². The van der Waals surface area contributed by atoms with Crippen LogP contribution in [-0.2, 0) is 0 Å². The summed E-state index contributed by atoms with van der Waals surface area (Å²) in [7, 11) is 0. The summed E-state index contributed by atoms with van der Waals surface area (Å²) in [5.74, 6) is -0.356. The highest BCUT2D eigenvalue weighted by molar-refractivity contribution is 9.10. The van der Waals surface area contributed by atoms with Crippen molar-refractivity contribution in [2.24, 2.45) is 0 Å². The molecule has 1 heterocycles. The number of aryl methyl sites for hydroxylation is 1. The van der Waals surface area contributed by atoms with Gasteiger partial charge in [-0.1, -0.05) is 15.9 Å². The number of benzene rings is 1. The molecular weight excluding hydrogens is 272 g/mol. The Labute approximate surface area is 100 Å². The van der Waals surface area contributed by atoms with Crippen molar-refractivity contribution in [1.82, 2.24) is 9.78 Å². The van der Waals surface area contributed by atoms with Crippen LogP contribution in [0.3, 0.4) is 0 Å². The molecule has 4 nitrogen and oxygen atoms in total. The Hall–Kier alpha value is -1.62. The van der Waals surface area contributed by atoms with Crippen molar-refractivity contribution in [3.05, 3.63) is 56.4 Å². The second-order valence-corrected chi connectivity index (χ2v) is 4.34. The molecule has 0 bridgehead atoms. The molecular formula is C11H9BrN2O2. The minimum absolute atomic E-state index is 0.342. The molecule has 1 aromatic heterocycles. The lowest BCUT2D eigenvalue weighted by Crippen LogP contribution is -2.24. The zero-order chi connectivity index (χ0) is 11.7. The Morgan fingerprint density at radius 3 is 2.44 bits per heavy atom. The highest BCUT2D eigenvalue weighted by Crippen LogP contribution is 2.10. The highest BCUT2D eigenvalue weighted by Gasteiger charge is 2.11. The smallest absolute Gasteiger partial charge is 0.279 e. The van der Waals surface area contributed by atoms with Gasteiger partial charge in [-0.25, -0.2) is 0 Å². The molecule has 1 N–H and O–H groups in total. The van der Waals surface area contributed by atoms with Crippen LogP contribution in [0.1, 0.15) is 16.1 Å². The summed E-state index contributed by atoms with van der Waals surface area (Å²) in [4.78, 5) is 23.3. The Kier molecular flexibility index (Phi) is 2.78. The summed E-state index contributed by atoms with van der Waals surface area (Å²) in [5.41, 5.74) is 0.785. The largest absolute Gasteiger partial charge is 0.293 e. The quantitative estimate of drug-likeness (QED) is 0.868. The van der Waals surface area contributed by atoms with Gasteiger partial charge < -0.3 is 0 Å². The fraction of sp³-hybridized carbons (Fsp3) is 0.0909. The summed E-state index contributed by atoms with van der Waals surface area (Å²) in [5, 5.41) is 2.70. The number of nitrogens with one attached hydrogen (secondary N) is 1. The lowest BCUT2D eigenvalue weighted by atomic mass is 10.2. The molecule has 0 saturated heterocycles. The molecule has 0 spiro atoms. The Morgan fingerprint density at radius 2 is 1.94 bits per heavy atom. The van der Waals surface area contributed by atoms with Crippen molar-refractivity contribution >= 4 is 21.8 Å². The molecule has 16 heavy (non-hydrogen) atoms. The van der Waals surface area contributed by atoms with E-state index in [-0.39, 0.29) is 11.5 Å². The SMILES string of the molecule is Cc1cc(=O)n(C(=O)c2ccc(Br)cc2)[nH]1. The van der Waals surface area contributed by atoms with E-state index in [4.69, 9.17) is 0 Å². The van der Waals surface area contributed by atoms with E-state index < -0.39 is 0 Å². The summed E-state index contributed by atoms with van der Waals surface area (Å²) in [6.07, 6.45) is 0. The Morgan fingerprint density at radius 1 is 1.31 bits per heavy atom. The van der Waals surface area contributed by atoms with Crippen molar-refractivity contribution in [2.75, 3.05) is 0 Å². The Bertz CT molecular complexity index is 581. The maximum absolute atomic E-state index is 11.9. The van der Waals surface area contributed by atoms with Crippen LogP contribution >= 0.6 is 15.9 Å². The van der Waals surface area contributed by atoms with Crippen molar-refractivity contribution in [2.45, 2.75) is 6.92 Å². The number of carbonyl (C=O) groups is 1. The van der Waals surface area contributed by atoms with Crippen molar-refractivity contribution in [1.29, 1.82) is 0 Å².